The molecule has 0 spiro atoms. The largest absolute Gasteiger partial charge is 0.357 e. The quantitative estimate of drug-likeness (QED) is 0.650. The summed E-state index contributed by atoms with van der Waals surface area (Å²) in [6.45, 7) is 0.590. The lowest BCUT2D eigenvalue weighted by Crippen LogP contribution is -2.36. The Bertz CT molecular complexity index is 447. The maximum atomic E-state index is 11.9. The second-order valence-corrected chi connectivity index (χ2v) is 4.43. The van der Waals surface area contributed by atoms with Gasteiger partial charge in [-0.15, -0.1) is 0 Å². The summed E-state index contributed by atoms with van der Waals surface area (Å²) in [5, 5.41) is 0. The van der Waals surface area contributed by atoms with E-state index >= 15 is 0 Å². The van der Waals surface area contributed by atoms with Crippen molar-refractivity contribution in [1.82, 2.24) is 4.90 Å². The van der Waals surface area contributed by atoms with Gasteiger partial charge in [0, 0.05) is 5.56 Å². The van der Waals surface area contributed by atoms with Crippen LogP contribution in [0.15, 0.2) is 30.3 Å². The topological polar surface area (TPSA) is 42.1 Å². The number of hydrogen-bond donors (Lipinski definition) is 0. The van der Waals surface area contributed by atoms with Gasteiger partial charge in [0.2, 0.25) is 0 Å². The van der Waals surface area contributed by atoms with Crippen LogP contribution in [0.25, 0.3) is 0 Å². The van der Waals surface area contributed by atoms with Gasteiger partial charge in [-0.25, -0.2) is 0 Å². The van der Waals surface area contributed by atoms with Crippen molar-refractivity contribution in [2.75, 3.05) is 6.61 Å². The molecule has 0 bridgehead atoms. The number of amides is 1. The summed E-state index contributed by atoms with van der Waals surface area (Å²) >= 11 is 0. The lowest BCUT2D eigenvalue weighted by Gasteiger charge is -2.23. The Labute approximate surface area is 92.8 Å². The Morgan fingerprint density at radius 2 is 2.06 bits per heavy atom. The second kappa shape index (κ2) is 2.84. The van der Waals surface area contributed by atoms with Crippen molar-refractivity contribution in [1.29, 1.82) is 0 Å². The van der Waals surface area contributed by atoms with Crippen LogP contribution < -0.4 is 0 Å². The van der Waals surface area contributed by atoms with Crippen LogP contribution in [0.1, 0.15) is 11.8 Å². The number of carbonyl (C=O) groups is 1. The van der Waals surface area contributed by atoms with Crippen molar-refractivity contribution in [2.24, 2.45) is 0 Å². The zero-order valence-electron chi connectivity index (χ0n) is 8.58. The van der Waals surface area contributed by atoms with Crippen LogP contribution >= 0.6 is 0 Å². The Hall–Kier alpha value is -1.39. The minimum Gasteiger partial charge on any atom is -0.357 e. The maximum absolute atomic E-state index is 11.9. The predicted molar refractivity (Wildman–Crippen MR) is 54.4 cm³/mol. The monoisotopic (exact) mass is 217 g/mol. The molecule has 0 aromatic heterocycles. The van der Waals surface area contributed by atoms with Gasteiger partial charge < -0.3 is 14.4 Å². The van der Waals surface area contributed by atoms with Gasteiger partial charge >= 0.3 is 0 Å². The Balaban J connectivity index is 1.70. The average molecular weight is 217 g/mol. The number of fused-ring (bicyclic) bond motifs is 3. The fraction of sp³-hybridized carbons (Fsp3) is 0.417. The first kappa shape index (κ1) is 8.73. The van der Waals surface area contributed by atoms with Crippen LogP contribution in [0.3, 0.4) is 0 Å². The van der Waals surface area contributed by atoms with Crippen LogP contribution in [-0.4, -0.2) is 35.7 Å². The number of nitrogens with zero attached hydrogens (tertiary/aromatic N) is 1. The van der Waals surface area contributed by atoms with Crippen LogP contribution in [0.2, 0.25) is 0 Å². The fourth-order valence-electron chi connectivity index (χ4n) is 2.69. The van der Waals surface area contributed by atoms with E-state index in [4.69, 9.17) is 9.47 Å². The molecule has 0 radical (unpaired) electrons. The van der Waals surface area contributed by atoms with Crippen molar-refractivity contribution in [3.8, 4) is 0 Å². The SMILES string of the molecule is O=C1[C@@H]2O[C@@H]2[C@H]2CO[C@H](c3ccccc3)N12. The Kier molecular flexibility index (Phi) is 1.55. The van der Waals surface area contributed by atoms with Crippen molar-refractivity contribution in [2.45, 2.75) is 24.5 Å². The van der Waals surface area contributed by atoms with E-state index in [2.05, 4.69) is 0 Å². The van der Waals surface area contributed by atoms with Crippen molar-refractivity contribution < 1.29 is 14.3 Å². The second-order valence-electron chi connectivity index (χ2n) is 4.43. The molecule has 3 aliphatic heterocycles. The summed E-state index contributed by atoms with van der Waals surface area (Å²) in [5.41, 5.74) is 1.04. The van der Waals surface area contributed by atoms with Gasteiger partial charge in [-0.3, -0.25) is 4.79 Å². The first-order valence-electron chi connectivity index (χ1n) is 5.50. The first-order valence-corrected chi connectivity index (χ1v) is 5.50. The summed E-state index contributed by atoms with van der Waals surface area (Å²) in [5.74, 6) is 0.0846. The lowest BCUT2D eigenvalue weighted by atomic mass is 10.2. The third-order valence-corrected chi connectivity index (χ3v) is 3.52. The molecule has 0 unspecified atom stereocenters. The highest BCUT2D eigenvalue weighted by Gasteiger charge is 2.65. The van der Waals surface area contributed by atoms with Crippen LogP contribution in [0, 0.1) is 0 Å². The third kappa shape index (κ3) is 0.982. The van der Waals surface area contributed by atoms with E-state index < -0.39 is 0 Å². The number of morpholine rings is 1. The number of ether oxygens (including phenoxy) is 2. The van der Waals surface area contributed by atoms with Gasteiger partial charge in [0.05, 0.1) is 12.6 Å². The summed E-state index contributed by atoms with van der Waals surface area (Å²) in [6.07, 6.45) is -0.309. The molecule has 1 amide bonds. The molecule has 4 heteroatoms. The Morgan fingerprint density at radius 1 is 1.25 bits per heavy atom. The molecular weight excluding hydrogens is 206 g/mol. The predicted octanol–water partition coefficient (Wildman–Crippen LogP) is 0.694. The Morgan fingerprint density at radius 3 is 2.88 bits per heavy atom. The molecule has 0 N–H and O–H groups in total. The lowest BCUT2D eigenvalue weighted by molar-refractivity contribution is -0.138. The number of carbonyl (C=O) groups excluding carboxylic acids is 1. The normalized spacial score (nSPS) is 39.8. The van der Waals surface area contributed by atoms with Crippen LogP contribution in [0.5, 0.6) is 0 Å². The highest BCUT2D eigenvalue weighted by atomic mass is 16.6. The standard InChI is InChI=1S/C12H11NO3/c14-11-10-9(16-10)8-6-15-12(13(8)11)7-4-2-1-3-5-7/h1-5,8-10,12H,6H2/t8-,9-,10-,12-/m1/s1. The van der Waals surface area contributed by atoms with E-state index in [-0.39, 0.29) is 30.4 Å². The molecule has 3 saturated heterocycles. The van der Waals surface area contributed by atoms with Gasteiger partial charge in [0.1, 0.15) is 6.10 Å². The zero-order valence-corrected chi connectivity index (χ0v) is 8.58. The minimum absolute atomic E-state index is 0.0845. The molecule has 0 saturated carbocycles. The molecule has 4 atom stereocenters. The molecule has 3 heterocycles. The highest BCUT2D eigenvalue weighted by Crippen LogP contribution is 2.46. The van der Waals surface area contributed by atoms with E-state index in [0.29, 0.717) is 6.61 Å². The van der Waals surface area contributed by atoms with Crippen molar-refractivity contribution >= 4 is 5.91 Å². The summed E-state index contributed by atoms with van der Waals surface area (Å²) in [4.78, 5) is 13.8. The van der Waals surface area contributed by atoms with Crippen LogP contribution in [0.4, 0.5) is 0 Å². The molecule has 1 aromatic carbocycles. The summed E-state index contributed by atoms with van der Waals surface area (Å²) < 4.78 is 11.0. The van der Waals surface area contributed by atoms with E-state index in [1.54, 1.807) is 0 Å². The maximum Gasteiger partial charge on any atom is 0.257 e. The molecule has 82 valence electrons. The van der Waals surface area contributed by atoms with E-state index in [0.717, 1.165) is 5.56 Å². The zero-order chi connectivity index (χ0) is 10.7. The van der Waals surface area contributed by atoms with E-state index in [1.165, 1.54) is 0 Å². The fourth-order valence-corrected chi connectivity index (χ4v) is 2.69. The number of epoxide rings is 1. The molecule has 4 rings (SSSR count). The number of rotatable bonds is 1. The third-order valence-electron chi connectivity index (χ3n) is 3.52. The smallest absolute Gasteiger partial charge is 0.257 e. The molecule has 1 aromatic rings. The molecule has 0 aliphatic carbocycles. The van der Waals surface area contributed by atoms with Crippen molar-refractivity contribution in [3.63, 3.8) is 0 Å². The highest BCUT2D eigenvalue weighted by molar-refractivity contribution is 5.88. The molecule has 4 nitrogen and oxygen atoms in total. The number of hydrogen-bond acceptors (Lipinski definition) is 3. The van der Waals surface area contributed by atoms with E-state index in [1.807, 2.05) is 35.2 Å². The van der Waals surface area contributed by atoms with E-state index in [9.17, 15) is 4.79 Å². The van der Waals surface area contributed by atoms with Gasteiger partial charge in [-0.05, 0) is 0 Å². The van der Waals surface area contributed by atoms with Crippen molar-refractivity contribution in [3.05, 3.63) is 35.9 Å². The first-order chi connectivity index (χ1) is 7.86. The minimum atomic E-state index is -0.213. The average Bonchev–Trinajstić information content (AvgIpc) is 2.92. The van der Waals surface area contributed by atoms with Gasteiger partial charge in [-0.2, -0.15) is 0 Å². The number of benzene rings is 1. The molecule has 3 fully saturated rings. The van der Waals surface area contributed by atoms with Gasteiger partial charge in [0.25, 0.3) is 5.91 Å². The van der Waals surface area contributed by atoms with Gasteiger partial charge in [-0.1, -0.05) is 30.3 Å². The molecule has 3 aliphatic rings. The molecular formula is C12H11NO3. The summed E-state index contributed by atoms with van der Waals surface area (Å²) in [6, 6.07) is 9.99. The van der Waals surface area contributed by atoms with Crippen LogP contribution in [-0.2, 0) is 14.3 Å². The molecule has 16 heavy (non-hydrogen) atoms. The summed E-state index contributed by atoms with van der Waals surface area (Å²) in [7, 11) is 0. The van der Waals surface area contributed by atoms with Gasteiger partial charge in [0.15, 0.2) is 12.3 Å².